The molecule has 0 saturated carbocycles. The quantitative estimate of drug-likeness (QED) is 0.715. The van der Waals surface area contributed by atoms with Gasteiger partial charge in [-0.25, -0.2) is 0 Å². The summed E-state index contributed by atoms with van der Waals surface area (Å²) >= 11 is 0. The van der Waals surface area contributed by atoms with Crippen molar-refractivity contribution in [1.29, 1.82) is 5.26 Å². The lowest BCUT2D eigenvalue weighted by atomic mass is 9.96. The summed E-state index contributed by atoms with van der Waals surface area (Å²) in [6.07, 6.45) is 2.09. The molecule has 23 heavy (non-hydrogen) atoms. The number of nitriles is 1. The molecular formula is C19H18ClN3. The lowest BCUT2D eigenvalue weighted by Crippen LogP contribution is -2.16. The minimum atomic E-state index is 0. The van der Waals surface area contributed by atoms with Crippen molar-refractivity contribution in [1.82, 2.24) is 10.3 Å². The monoisotopic (exact) mass is 323 g/mol. The molecule has 0 amide bonds. The number of benzene rings is 2. The Balaban J connectivity index is 0.00000156. The van der Waals surface area contributed by atoms with Gasteiger partial charge in [0, 0.05) is 29.6 Å². The van der Waals surface area contributed by atoms with Gasteiger partial charge < -0.3 is 10.3 Å². The zero-order valence-electron chi connectivity index (χ0n) is 12.7. The van der Waals surface area contributed by atoms with Crippen molar-refractivity contribution in [2.45, 2.75) is 12.8 Å². The molecule has 116 valence electrons. The number of aromatic amines is 1. The van der Waals surface area contributed by atoms with Gasteiger partial charge in [0.1, 0.15) is 0 Å². The number of H-pyrrole nitrogens is 1. The van der Waals surface area contributed by atoms with Crippen LogP contribution in [0.15, 0.2) is 42.5 Å². The summed E-state index contributed by atoms with van der Waals surface area (Å²) in [7, 11) is 0. The smallest absolute Gasteiger partial charge is 0.0991 e. The Hall–Kier alpha value is -2.28. The first-order chi connectivity index (χ1) is 10.9. The van der Waals surface area contributed by atoms with Crippen molar-refractivity contribution in [3.8, 4) is 17.2 Å². The largest absolute Gasteiger partial charge is 0.358 e. The number of hydrogen-bond donors (Lipinski definition) is 2. The second-order valence-electron chi connectivity index (χ2n) is 5.75. The molecule has 0 bridgehead atoms. The molecule has 1 aromatic heterocycles. The Morgan fingerprint density at radius 2 is 1.83 bits per heavy atom. The van der Waals surface area contributed by atoms with Crippen LogP contribution in [0.1, 0.15) is 16.8 Å². The summed E-state index contributed by atoms with van der Waals surface area (Å²) in [6.45, 7) is 2.05. The fourth-order valence-electron chi connectivity index (χ4n) is 3.41. The Morgan fingerprint density at radius 1 is 1.00 bits per heavy atom. The van der Waals surface area contributed by atoms with Crippen LogP contribution in [-0.4, -0.2) is 18.1 Å². The molecule has 2 aromatic carbocycles. The predicted molar refractivity (Wildman–Crippen MR) is 96.0 cm³/mol. The van der Waals surface area contributed by atoms with Gasteiger partial charge in [-0.15, -0.1) is 12.4 Å². The van der Waals surface area contributed by atoms with Gasteiger partial charge in [-0.2, -0.15) is 5.26 Å². The highest BCUT2D eigenvalue weighted by Crippen LogP contribution is 2.34. The molecule has 0 fully saturated rings. The lowest BCUT2D eigenvalue weighted by molar-refractivity contribution is 0.708. The SMILES string of the molecule is Cl.N#Cc1cccc(-c2cccc3[nH]c4c(c23)CCNCC4)c1. The second-order valence-corrected chi connectivity index (χ2v) is 5.75. The van der Waals surface area contributed by atoms with Gasteiger partial charge in [0.2, 0.25) is 0 Å². The number of nitrogens with one attached hydrogen (secondary N) is 2. The van der Waals surface area contributed by atoms with Crippen LogP contribution in [0.5, 0.6) is 0 Å². The molecule has 0 saturated heterocycles. The van der Waals surface area contributed by atoms with Crippen molar-refractivity contribution in [3.63, 3.8) is 0 Å². The topological polar surface area (TPSA) is 51.6 Å². The molecule has 0 unspecified atom stereocenters. The van der Waals surface area contributed by atoms with Crippen molar-refractivity contribution >= 4 is 23.3 Å². The third-order valence-corrected chi connectivity index (χ3v) is 4.42. The number of hydrogen-bond acceptors (Lipinski definition) is 2. The van der Waals surface area contributed by atoms with Crippen molar-refractivity contribution in [2.24, 2.45) is 0 Å². The average Bonchev–Trinajstić information content (AvgIpc) is 2.76. The molecule has 0 radical (unpaired) electrons. The normalized spacial score (nSPS) is 13.7. The third kappa shape index (κ3) is 2.72. The first-order valence-electron chi connectivity index (χ1n) is 7.70. The summed E-state index contributed by atoms with van der Waals surface area (Å²) in [6, 6.07) is 16.5. The van der Waals surface area contributed by atoms with Crippen LogP contribution < -0.4 is 5.32 Å². The Kier molecular flexibility index (Phi) is 4.38. The fraction of sp³-hybridized carbons (Fsp3) is 0.211. The standard InChI is InChI=1S/C19H17N3.ClH/c20-12-13-3-1-4-14(11-13)15-5-2-6-18-19(15)16-7-9-21-10-8-17(16)22-18;/h1-6,11,21-22H,7-10H2;1H. The molecule has 1 aliphatic heterocycles. The van der Waals surface area contributed by atoms with Gasteiger partial charge in [0.25, 0.3) is 0 Å². The van der Waals surface area contributed by atoms with Crippen molar-refractivity contribution < 1.29 is 0 Å². The molecule has 4 heteroatoms. The Bertz CT molecular complexity index is 889. The van der Waals surface area contributed by atoms with Crippen molar-refractivity contribution in [2.75, 3.05) is 13.1 Å². The molecule has 3 aromatic rings. The molecule has 3 nitrogen and oxygen atoms in total. The van der Waals surface area contributed by atoms with Crippen LogP contribution in [0.25, 0.3) is 22.0 Å². The molecule has 4 rings (SSSR count). The van der Waals surface area contributed by atoms with Gasteiger partial charge in [0.15, 0.2) is 0 Å². The van der Waals surface area contributed by atoms with E-state index in [0.717, 1.165) is 31.5 Å². The van der Waals surface area contributed by atoms with E-state index in [1.54, 1.807) is 0 Å². The number of rotatable bonds is 1. The minimum absolute atomic E-state index is 0. The first kappa shape index (κ1) is 15.6. The van der Waals surface area contributed by atoms with Gasteiger partial charge in [-0.3, -0.25) is 0 Å². The maximum absolute atomic E-state index is 9.15. The molecule has 1 aliphatic rings. The summed E-state index contributed by atoms with van der Waals surface area (Å²) in [5.41, 5.74) is 7.02. The van der Waals surface area contributed by atoms with E-state index in [-0.39, 0.29) is 12.4 Å². The van der Waals surface area contributed by atoms with Crippen LogP contribution in [0, 0.1) is 11.3 Å². The number of fused-ring (bicyclic) bond motifs is 3. The Labute approximate surface area is 141 Å². The predicted octanol–water partition coefficient (Wildman–Crippen LogP) is 3.82. The first-order valence-corrected chi connectivity index (χ1v) is 7.70. The number of aromatic nitrogens is 1. The summed E-state index contributed by atoms with van der Waals surface area (Å²) in [5.74, 6) is 0. The lowest BCUT2D eigenvalue weighted by Gasteiger charge is -2.07. The van der Waals surface area contributed by atoms with Crippen LogP contribution in [0.4, 0.5) is 0 Å². The second kappa shape index (κ2) is 6.45. The highest BCUT2D eigenvalue weighted by atomic mass is 35.5. The van der Waals surface area contributed by atoms with Gasteiger partial charge in [-0.05, 0) is 47.9 Å². The van der Waals surface area contributed by atoms with E-state index in [1.807, 2.05) is 18.2 Å². The Morgan fingerprint density at radius 3 is 2.70 bits per heavy atom. The maximum Gasteiger partial charge on any atom is 0.0991 e. The van der Waals surface area contributed by atoms with Crippen LogP contribution >= 0.6 is 12.4 Å². The van der Waals surface area contributed by atoms with Crippen LogP contribution in [0.2, 0.25) is 0 Å². The highest BCUT2D eigenvalue weighted by Gasteiger charge is 2.17. The minimum Gasteiger partial charge on any atom is -0.358 e. The number of nitrogens with zero attached hydrogens (tertiary/aromatic N) is 1. The van der Waals surface area contributed by atoms with E-state index >= 15 is 0 Å². The summed E-state index contributed by atoms with van der Waals surface area (Å²) < 4.78 is 0. The third-order valence-electron chi connectivity index (χ3n) is 4.42. The zero-order valence-corrected chi connectivity index (χ0v) is 13.5. The van der Waals surface area contributed by atoms with Crippen LogP contribution in [0.3, 0.4) is 0 Å². The molecule has 0 spiro atoms. The van der Waals surface area contributed by atoms with E-state index in [1.165, 1.54) is 27.7 Å². The molecule has 0 atom stereocenters. The molecular weight excluding hydrogens is 306 g/mol. The van der Waals surface area contributed by atoms with E-state index in [9.17, 15) is 0 Å². The molecule has 0 aliphatic carbocycles. The van der Waals surface area contributed by atoms with Gasteiger partial charge in [-0.1, -0.05) is 24.3 Å². The van der Waals surface area contributed by atoms with E-state index < -0.39 is 0 Å². The van der Waals surface area contributed by atoms with E-state index in [0.29, 0.717) is 5.56 Å². The summed E-state index contributed by atoms with van der Waals surface area (Å²) in [5, 5.41) is 13.9. The van der Waals surface area contributed by atoms with Gasteiger partial charge >= 0.3 is 0 Å². The average molecular weight is 324 g/mol. The molecule has 2 N–H and O–H groups in total. The summed E-state index contributed by atoms with van der Waals surface area (Å²) in [4.78, 5) is 3.59. The maximum atomic E-state index is 9.15. The fourth-order valence-corrected chi connectivity index (χ4v) is 3.41. The van der Waals surface area contributed by atoms with Gasteiger partial charge in [0.05, 0.1) is 11.6 Å². The van der Waals surface area contributed by atoms with E-state index in [2.05, 4.69) is 40.6 Å². The van der Waals surface area contributed by atoms with Crippen LogP contribution in [-0.2, 0) is 12.8 Å². The van der Waals surface area contributed by atoms with E-state index in [4.69, 9.17) is 5.26 Å². The number of halogens is 1. The van der Waals surface area contributed by atoms with Crippen molar-refractivity contribution in [3.05, 3.63) is 59.3 Å². The highest BCUT2D eigenvalue weighted by molar-refractivity contribution is 5.98. The molecule has 2 heterocycles. The zero-order chi connectivity index (χ0) is 14.9.